The first kappa shape index (κ1) is 19.5. The van der Waals surface area contributed by atoms with Crippen molar-refractivity contribution in [3.63, 3.8) is 0 Å². The summed E-state index contributed by atoms with van der Waals surface area (Å²) in [6.45, 7) is 1.87. The van der Waals surface area contributed by atoms with E-state index in [9.17, 15) is 14.9 Å². The number of hydrogen-bond donors (Lipinski definition) is 1. The number of fused-ring (bicyclic) bond motifs is 1. The molecule has 30 heavy (non-hydrogen) atoms. The lowest BCUT2D eigenvalue weighted by Gasteiger charge is -2.09. The first-order valence-corrected chi connectivity index (χ1v) is 9.85. The molecule has 1 N–H and O–H groups in total. The van der Waals surface area contributed by atoms with Crippen LogP contribution in [0.1, 0.15) is 5.69 Å². The van der Waals surface area contributed by atoms with E-state index in [1.54, 1.807) is 12.1 Å². The number of pyridine rings is 1. The Balaban J connectivity index is 1.43. The molecule has 0 saturated carbocycles. The molecule has 4 aromatic rings. The van der Waals surface area contributed by atoms with Crippen LogP contribution in [0.3, 0.4) is 0 Å². The molecule has 150 valence electrons. The molecule has 0 aliphatic carbocycles. The van der Waals surface area contributed by atoms with E-state index in [0.29, 0.717) is 11.3 Å². The summed E-state index contributed by atoms with van der Waals surface area (Å²) in [7, 11) is 0. The summed E-state index contributed by atoms with van der Waals surface area (Å²) in [4.78, 5) is 27.3. The van der Waals surface area contributed by atoms with Crippen LogP contribution in [-0.4, -0.2) is 31.8 Å². The van der Waals surface area contributed by atoms with Crippen molar-refractivity contribution in [3.8, 4) is 11.5 Å². The van der Waals surface area contributed by atoms with Gasteiger partial charge in [0, 0.05) is 28.8 Å². The average Bonchev–Trinajstić information content (AvgIpc) is 3.21. The highest BCUT2D eigenvalue weighted by molar-refractivity contribution is 7.99. The molecule has 0 unspecified atom stereocenters. The number of nitro benzene ring substituents is 1. The zero-order valence-corrected chi connectivity index (χ0v) is 16.5. The number of para-hydroxylation sites is 1. The SMILES string of the molecule is Cc1cc(NC(=O)CSc2nnc(-c3cccc([N+](=O)[O-])c3)o2)c2ccccc2n1. The lowest BCUT2D eigenvalue weighted by atomic mass is 10.1. The van der Waals surface area contributed by atoms with Gasteiger partial charge in [0.25, 0.3) is 10.9 Å². The van der Waals surface area contributed by atoms with E-state index in [1.165, 1.54) is 12.1 Å². The van der Waals surface area contributed by atoms with Gasteiger partial charge in [0.1, 0.15) is 0 Å². The molecule has 0 fully saturated rings. The second-order valence-corrected chi connectivity index (χ2v) is 7.27. The van der Waals surface area contributed by atoms with Crippen molar-refractivity contribution in [3.05, 3.63) is 70.4 Å². The van der Waals surface area contributed by atoms with Crippen molar-refractivity contribution in [2.75, 3.05) is 11.1 Å². The summed E-state index contributed by atoms with van der Waals surface area (Å²) in [6, 6.07) is 15.3. The Bertz CT molecular complexity index is 1260. The molecule has 0 aliphatic rings. The molecule has 10 heteroatoms. The molecule has 0 aliphatic heterocycles. The van der Waals surface area contributed by atoms with Gasteiger partial charge >= 0.3 is 0 Å². The number of nitrogens with zero attached hydrogens (tertiary/aromatic N) is 4. The fraction of sp³-hybridized carbons (Fsp3) is 0.100. The van der Waals surface area contributed by atoms with Crippen LogP contribution in [0.25, 0.3) is 22.4 Å². The molecule has 2 aromatic carbocycles. The molecule has 4 rings (SSSR count). The number of carbonyl (C=O) groups excluding carboxylic acids is 1. The van der Waals surface area contributed by atoms with Crippen LogP contribution >= 0.6 is 11.8 Å². The number of hydrogen-bond acceptors (Lipinski definition) is 8. The highest BCUT2D eigenvalue weighted by Crippen LogP contribution is 2.27. The van der Waals surface area contributed by atoms with Gasteiger partial charge < -0.3 is 9.73 Å². The monoisotopic (exact) mass is 421 g/mol. The normalized spacial score (nSPS) is 10.8. The summed E-state index contributed by atoms with van der Waals surface area (Å²) in [6.07, 6.45) is 0. The number of amides is 1. The van der Waals surface area contributed by atoms with Crippen molar-refractivity contribution in [1.82, 2.24) is 15.2 Å². The topological polar surface area (TPSA) is 124 Å². The Hall–Kier alpha value is -3.79. The van der Waals surface area contributed by atoms with Gasteiger partial charge in [-0.1, -0.05) is 36.0 Å². The average molecular weight is 421 g/mol. The van der Waals surface area contributed by atoms with Gasteiger partial charge in [-0.15, -0.1) is 10.2 Å². The van der Waals surface area contributed by atoms with Crippen molar-refractivity contribution >= 4 is 39.9 Å². The van der Waals surface area contributed by atoms with E-state index in [4.69, 9.17) is 4.42 Å². The van der Waals surface area contributed by atoms with Gasteiger partial charge in [0.05, 0.1) is 21.9 Å². The number of carbonyl (C=O) groups is 1. The third-order valence-corrected chi connectivity index (χ3v) is 4.97. The number of nitro groups is 1. The molecular weight excluding hydrogens is 406 g/mol. The standard InChI is InChI=1S/C20H15N5O4S/c1-12-9-17(15-7-2-3-8-16(15)21-12)22-18(26)11-30-20-24-23-19(29-20)13-5-4-6-14(10-13)25(27)28/h2-10H,11H2,1H3,(H,21,22,26). The minimum absolute atomic E-state index is 0.0618. The number of rotatable bonds is 6. The zero-order valence-electron chi connectivity index (χ0n) is 15.7. The Kier molecular flexibility index (Phi) is 5.40. The van der Waals surface area contributed by atoms with Crippen molar-refractivity contribution in [2.24, 2.45) is 0 Å². The van der Waals surface area contributed by atoms with Crippen LogP contribution in [0.4, 0.5) is 11.4 Å². The summed E-state index contributed by atoms with van der Waals surface area (Å²) in [5.41, 5.74) is 2.66. The Morgan fingerprint density at radius 2 is 2.00 bits per heavy atom. The van der Waals surface area contributed by atoms with Gasteiger partial charge in [-0.05, 0) is 25.1 Å². The largest absolute Gasteiger partial charge is 0.411 e. The third kappa shape index (κ3) is 4.28. The molecule has 2 aromatic heterocycles. The highest BCUT2D eigenvalue weighted by Gasteiger charge is 2.15. The third-order valence-electron chi connectivity index (χ3n) is 4.16. The zero-order chi connectivity index (χ0) is 21.1. The smallest absolute Gasteiger partial charge is 0.277 e. The maximum atomic E-state index is 12.4. The first-order valence-electron chi connectivity index (χ1n) is 8.87. The van der Waals surface area contributed by atoms with E-state index in [-0.39, 0.29) is 28.5 Å². The number of aromatic nitrogens is 3. The van der Waals surface area contributed by atoms with Gasteiger partial charge in [-0.25, -0.2) is 0 Å². The Labute approximate surface area is 174 Å². The molecule has 0 bridgehead atoms. The predicted octanol–water partition coefficient (Wildman–Crippen LogP) is 4.23. The molecule has 0 spiro atoms. The van der Waals surface area contributed by atoms with Crippen LogP contribution in [0, 0.1) is 17.0 Å². The highest BCUT2D eigenvalue weighted by atomic mass is 32.2. The summed E-state index contributed by atoms with van der Waals surface area (Å²) in [5, 5.41) is 22.6. The number of non-ortho nitro benzene ring substituents is 1. The summed E-state index contributed by atoms with van der Waals surface area (Å²) in [5.74, 6) is -0.0186. The van der Waals surface area contributed by atoms with Gasteiger partial charge in [-0.2, -0.15) is 0 Å². The number of benzene rings is 2. The maximum absolute atomic E-state index is 12.4. The maximum Gasteiger partial charge on any atom is 0.277 e. The molecule has 2 heterocycles. The van der Waals surface area contributed by atoms with E-state index >= 15 is 0 Å². The van der Waals surface area contributed by atoms with E-state index in [2.05, 4.69) is 20.5 Å². The van der Waals surface area contributed by atoms with Crippen LogP contribution in [-0.2, 0) is 4.79 Å². The predicted molar refractivity (Wildman–Crippen MR) is 112 cm³/mol. The minimum Gasteiger partial charge on any atom is -0.411 e. The van der Waals surface area contributed by atoms with Crippen LogP contribution < -0.4 is 5.32 Å². The number of anilines is 1. The van der Waals surface area contributed by atoms with Crippen molar-refractivity contribution in [2.45, 2.75) is 12.1 Å². The van der Waals surface area contributed by atoms with Gasteiger partial charge in [0.15, 0.2) is 0 Å². The summed E-state index contributed by atoms with van der Waals surface area (Å²) >= 11 is 1.08. The minimum atomic E-state index is -0.496. The number of aryl methyl sites for hydroxylation is 1. The number of nitrogens with one attached hydrogen (secondary N) is 1. The molecule has 1 amide bonds. The first-order chi connectivity index (χ1) is 14.5. The molecule has 0 atom stereocenters. The quantitative estimate of drug-likeness (QED) is 0.279. The van der Waals surface area contributed by atoms with E-state index in [1.807, 2.05) is 37.3 Å². The van der Waals surface area contributed by atoms with Crippen LogP contribution in [0.5, 0.6) is 0 Å². The lowest BCUT2D eigenvalue weighted by molar-refractivity contribution is -0.384. The Morgan fingerprint density at radius 3 is 2.83 bits per heavy atom. The van der Waals surface area contributed by atoms with Crippen molar-refractivity contribution < 1.29 is 14.1 Å². The molecule has 0 radical (unpaired) electrons. The molecule has 9 nitrogen and oxygen atoms in total. The fourth-order valence-electron chi connectivity index (χ4n) is 2.86. The fourth-order valence-corrected chi connectivity index (χ4v) is 3.43. The lowest BCUT2D eigenvalue weighted by Crippen LogP contribution is -2.14. The van der Waals surface area contributed by atoms with Gasteiger partial charge in [0.2, 0.25) is 11.8 Å². The Morgan fingerprint density at radius 1 is 1.17 bits per heavy atom. The summed E-state index contributed by atoms with van der Waals surface area (Å²) < 4.78 is 5.52. The van der Waals surface area contributed by atoms with Crippen molar-refractivity contribution in [1.29, 1.82) is 0 Å². The second-order valence-electron chi connectivity index (χ2n) is 6.35. The molecular formula is C20H15N5O4S. The second kappa shape index (κ2) is 8.29. The number of thioether (sulfide) groups is 1. The van der Waals surface area contributed by atoms with Crippen LogP contribution in [0.2, 0.25) is 0 Å². The van der Waals surface area contributed by atoms with E-state index in [0.717, 1.165) is 28.4 Å². The van der Waals surface area contributed by atoms with Gasteiger partial charge in [-0.3, -0.25) is 19.9 Å². The van der Waals surface area contributed by atoms with Crippen LogP contribution in [0.15, 0.2) is 64.2 Å². The molecule has 0 saturated heterocycles. The van der Waals surface area contributed by atoms with E-state index < -0.39 is 4.92 Å².